The van der Waals surface area contributed by atoms with Crippen molar-refractivity contribution in [2.45, 2.75) is 12.8 Å². The molecule has 0 N–H and O–H groups in total. The average Bonchev–Trinajstić information content (AvgIpc) is 2.68. The van der Waals surface area contributed by atoms with Crippen LogP contribution in [0.3, 0.4) is 0 Å². The van der Waals surface area contributed by atoms with Gasteiger partial charge in [0, 0.05) is 38.4 Å². The molecule has 2 aromatic rings. The maximum absolute atomic E-state index is 12.9. The average molecular weight is 337 g/mol. The smallest absolute Gasteiger partial charge is 0.278 e. The van der Waals surface area contributed by atoms with Gasteiger partial charge in [-0.3, -0.25) is 4.79 Å². The second-order valence-corrected chi connectivity index (χ2v) is 6.74. The number of aryl methyl sites for hydroxylation is 1. The van der Waals surface area contributed by atoms with Crippen molar-refractivity contribution in [2.75, 3.05) is 49.6 Å². The Bertz CT molecular complexity index is 753. The molecule has 0 bridgehead atoms. The second-order valence-electron chi connectivity index (χ2n) is 6.74. The van der Waals surface area contributed by atoms with E-state index in [0.717, 1.165) is 57.1 Å². The molecule has 1 aromatic heterocycles. The minimum Gasteiger partial charge on any atom is -0.353 e. The molecule has 2 aliphatic heterocycles. The van der Waals surface area contributed by atoms with Crippen molar-refractivity contribution in [3.8, 4) is 0 Å². The zero-order valence-electron chi connectivity index (χ0n) is 14.6. The molecule has 0 aliphatic carbocycles. The third kappa shape index (κ3) is 3.22. The Balaban J connectivity index is 1.52. The van der Waals surface area contributed by atoms with Crippen molar-refractivity contribution in [1.29, 1.82) is 0 Å². The highest BCUT2D eigenvalue weighted by atomic mass is 16.2. The highest BCUT2D eigenvalue weighted by Crippen LogP contribution is 2.27. The lowest BCUT2D eigenvalue weighted by Crippen LogP contribution is -2.45. The van der Waals surface area contributed by atoms with E-state index in [1.54, 1.807) is 12.4 Å². The molecule has 0 radical (unpaired) electrons. The van der Waals surface area contributed by atoms with E-state index >= 15 is 0 Å². The molecule has 1 aromatic carbocycles. The van der Waals surface area contributed by atoms with E-state index in [1.165, 1.54) is 5.56 Å². The summed E-state index contributed by atoms with van der Waals surface area (Å²) >= 11 is 0. The van der Waals surface area contributed by atoms with Crippen LogP contribution in [-0.4, -0.2) is 60.5 Å². The molecule has 3 heterocycles. The molecule has 1 fully saturated rings. The van der Waals surface area contributed by atoms with E-state index in [-0.39, 0.29) is 5.91 Å². The third-order valence-corrected chi connectivity index (χ3v) is 5.04. The van der Waals surface area contributed by atoms with Gasteiger partial charge in [0.15, 0.2) is 0 Å². The first kappa shape index (κ1) is 16.0. The Kier molecular flexibility index (Phi) is 4.36. The summed E-state index contributed by atoms with van der Waals surface area (Å²) in [6.45, 7) is 4.66. The summed E-state index contributed by atoms with van der Waals surface area (Å²) in [5.74, 6) is 0.785. The molecule has 0 atom stereocenters. The predicted molar refractivity (Wildman–Crippen MR) is 98.2 cm³/mol. The molecule has 1 amide bonds. The van der Waals surface area contributed by atoms with Gasteiger partial charge < -0.3 is 14.7 Å². The van der Waals surface area contributed by atoms with E-state index in [1.807, 2.05) is 23.1 Å². The number of hydrogen-bond donors (Lipinski definition) is 0. The fourth-order valence-corrected chi connectivity index (χ4v) is 3.51. The van der Waals surface area contributed by atoms with Gasteiger partial charge in [0.2, 0.25) is 0 Å². The lowest BCUT2D eigenvalue weighted by Gasteiger charge is -2.33. The fourth-order valence-electron chi connectivity index (χ4n) is 3.51. The van der Waals surface area contributed by atoms with Gasteiger partial charge >= 0.3 is 0 Å². The first-order valence-electron chi connectivity index (χ1n) is 8.88. The van der Waals surface area contributed by atoms with Crippen molar-refractivity contribution < 1.29 is 4.79 Å². The number of nitrogens with zero attached hydrogens (tertiary/aromatic N) is 5. The van der Waals surface area contributed by atoms with Crippen LogP contribution >= 0.6 is 0 Å². The van der Waals surface area contributed by atoms with Crippen molar-refractivity contribution in [3.05, 3.63) is 47.9 Å². The van der Waals surface area contributed by atoms with Gasteiger partial charge in [-0.2, -0.15) is 0 Å². The van der Waals surface area contributed by atoms with Crippen LogP contribution in [0.2, 0.25) is 0 Å². The molecular formula is C19H23N5O. The lowest BCUT2D eigenvalue weighted by atomic mass is 10.0. The Morgan fingerprint density at radius 2 is 1.80 bits per heavy atom. The second kappa shape index (κ2) is 6.80. The van der Waals surface area contributed by atoms with Gasteiger partial charge in [0.1, 0.15) is 11.5 Å². The van der Waals surface area contributed by atoms with Gasteiger partial charge in [0.25, 0.3) is 5.91 Å². The number of piperazine rings is 1. The predicted octanol–water partition coefficient (Wildman–Crippen LogP) is 1.82. The van der Waals surface area contributed by atoms with Crippen molar-refractivity contribution in [3.63, 3.8) is 0 Å². The zero-order chi connectivity index (χ0) is 17.2. The standard InChI is InChI=1S/C19H23N5O/c1-22-9-11-23(12-10-22)18-14-20-16(13-21-18)19(25)24-8-4-6-15-5-2-3-7-17(15)24/h2-3,5,7,13-14H,4,6,8-12H2,1H3. The minimum atomic E-state index is -0.0652. The van der Waals surface area contributed by atoms with Crippen LogP contribution in [0.15, 0.2) is 36.7 Å². The molecule has 130 valence electrons. The first-order chi connectivity index (χ1) is 12.2. The zero-order valence-corrected chi connectivity index (χ0v) is 14.6. The Labute approximate surface area is 148 Å². The normalized spacial score (nSPS) is 18.1. The quantitative estimate of drug-likeness (QED) is 0.837. The topological polar surface area (TPSA) is 52.6 Å². The van der Waals surface area contributed by atoms with Crippen LogP contribution in [0, 0.1) is 0 Å². The summed E-state index contributed by atoms with van der Waals surface area (Å²) in [4.78, 5) is 28.2. The van der Waals surface area contributed by atoms with Gasteiger partial charge in [-0.15, -0.1) is 0 Å². The molecule has 2 aliphatic rings. The van der Waals surface area contributed by atoms with Crippen LogP contribution in [-0.2, 0) is 6.42 Å². The first-order valence-corrected chi connectivity index (χ1v) is 8.88. The summed E-state index contributed by atoms with van der Waals surface area (Å²) in [7, 11) is 2.13. The highest BCUT2D eigenvalue weighted by molar-refractivity contribution is 6.05. The maximum atomic E-state index is 12.9. The van der Waals surface area contributed by atoms with E-state index in [4.69, 9.17) is 0 Å². The largest absolute Gasteiger partial charge is 0.353 e. The van der Waals surface area contributed by atoms with Crippen LogP contribution in [0.5, 0.6) is 0 Å². The summed E-state index contributed by atoms with van der Waals surface area (Å²) in [6.07, 6.45) is 5.35. The Morgan fingerprint density at radius 1 is 1.00 bits per heavy atom. The summed E-state index contributed by atoms with van der Waals surface area (Å²) in [5.41, 5.74) is 2.64. The van der Waals surface area contributed by atoms with Crippen LogP contribution in [0.25, 0.3) is 0 Å². The molecule has 6 heteroatoms. The minimum absolute atomic E-state index is 0.0652. The van der Waals surface area contributed by atoms with E-state index in [9.17, 15) is 4.79 Å². The van der Waals surface area contributed by atoms with Crippen LogP contribution in [0.1, 0.15) is 22.5 Å². The van der Waals surface area contributed by atoms with Crippen LogP contribution in [0.4, 0.5) is 11.5 Å². The molecule has 4 rings (SSSR count). The number of para-hydroxylation sites is 1. The third-order valence-electron chi connectivity index (χ3n) is 5.04. The molecule has 6 nitrogen and oxygen atoms in total. The van der Waals surface area contributed by atoms with Crippen molar-refractivity contribution in [1.82, 2.24) is 14.9 Å². The number of carbonyl (C=O) groups excluding carboxylic acids is 1. The number of rotatable bonds is 2. The summed E-state index contributed by atoms with van der Waals surface area (Å²) in [5, 5.41) is 0. The summed E-state index contributed by atoms with van der Waals surface area (Å²) in [6, 6.07) is 8.11. The lowest BCUT2D eigenvalue weighted by molar-refractivity contribution is 0.0980. The van der Waals surface area contributed by atoms with Crippen molar-refractivity contribution >= 4 is 17.4 Å². The number of anilines is 2. The molecule has 25 heavy (non-hydrogen) atoms. The van der Waals surface area contributed by atoms with Gasteiger partial charge in [-0.1, -0.05) is 18.2 Å². The Hall–Kier alpha value is -2.47. The van der Waals surface area contributed by atoms with Gasteiger partial charge in [-0.05, 0) is 31.5 Å². The van der Waals surface area contributed by atoms with E-state index in [0.29, 0.717) is 5.69 Å². The molecular weight excluding hydrogens is 314 g/mol. The Morgan fingerprint density at radius 3 is 2.56 bits per heavy atom. The van der Waals surface area contributed by atoms with Crippen molar-refractivity contribution in [2.24, 2.45) is 0 Å². The SMILES string of the molecule is CN1CCN(c2cnc(C(=O)N3CCCc4ccccc43)cn2)CC1. The highest BCUT2D eigenvalue weighted by Gasteiger charge is 2.24. The molecule has 0 spiro atoms. The molecule has 1 saturated heterocycles. The molecule has 0 saturated carbocycles. The van der Waals surface area contributed by atoms with E-state index < -0.39 is 0 Å². The number of hydrogen-bond acceptors (Lipinski definition) is 5. The number of amides is 1. The maximum Gasteiger partial charge on any atom is 0.278 e. The summed E-state index contributed by atoms with van der Waals surface area (Å²) < 4.78 is 0. The van der Waals surface area contributed by atoms with Gasteiger partial charge in [-0.25, -0.2) is 9.97 Å². The number of fused-ring (bicyclic) bond motifs is 1. The number of carbonyl (C=O) groups is 1. The van der Waals surface area contributed by atoms with Crippen LogP contribution < -0.4 is 9.80 Å². The monoisotopic (exact) mass is 337 g/mol. The number of likely N-dealkylation sites (N-methyl/N-ethyl adjacent to an activating group) is 1. The number of benzene rings is 1. The number of aromatic nitrogens is 2. The van der Waals surface area contributed by atoms with E-state index in [2.05, 4.69) is 32.9 Å². The fraction of sp³-hybridized carbons (Fsp3) is 0.421. The molecule has 0 unspecified atom stereocenters. The van der Waals surface area contributed by atoms with Gasteiger partial charge in [0.05, 0.1) is 12.4 Å².